The maximum Gasteiger partial charge on any atom is 0.416 e. The minimum absolute atomic E-state index is 0.0689. The van der Waals surface area contributed by atoms with E-state index < -0.39 is 22.4 Å². The smallest absolute Gasteiger partial charge is 0.334 e. The number of pyridine rings is 1. The number of benzene rings is 2. The van der Waals surface area contributed by atoms with E-state index in [1.807, 2.05) is 0 Å². The van der Waals surface area contributed by atoms with Gasteiger partial charge in [0.2, 0.25) is 11.6 Å². The van der Waals surface area contributed by atoms with Gasteiger partial charge in [-0.25, -0.2) is 9.97 Å². The molecule has 2 N–H and O–H groups in total. The SMILES string of the molecule is O=[N+]([O-])c1c(Nc2cc(C(F)(F)F)ccc2Cl)ncnc1Nc1cccc2ncccc12. The highest BCUT2D eigenvalue weighted by molar-refractivity contribution is 6.33. The molecule has 0 aliphatic heterocycles. The van der Waals surface area contributed by atoms with Crippen molar-refractivity contribution >= 4 is 51.2 Å². The van der Waals surface area contributed by atoms with Crippen LogP contribution in [0.3, 0.4) is 0 Å². The van der Waals surface area contributed by atoms with Crippen LogP contribution < -0.4 is 10.6 Å². The number of nitro groups is 1. The first kappa shape index (κ1) is 21.2. The van der Waals surface area contributed by atoms with Crippen LogP contribution in [0.2, 0.25) is 5.02 Å². The molecule has 32 heavy (non-hydrogen) atoms. The molecule has 2 aromatic carbocycles. The van der Waals surface area contributed by atoms with E-state index in [9.17, 15) is 23.3 Å². The number of halogens is 4. The van der Waals surface area contributed by atoms with Crippen LogP contribution in [0.5, 0.6) is 0 Å². The van der Waals surface area contributed by atoms with E-state index in [1.54, 1.807) is 36.5 Å². The Morgan fingerprint density at radius 3 is 2.34 bits per heavy atom. The Morgan fingerprint density at radius 2 is 1.66 bits per heavy atom. The molecule has 12 heteroatoms. The third-order valence-electron chi connectivity index (χ3n) is 4.45. The van der Waals surface area contributed by atoms with Gasteiger partial charge >= 0.3 is 11.9 Å². The van der Waals surface area contributed by atoms with Gasteiger partial charge < -0.3 is 10.6 Å². The van der Waals surface area contributed by atoms with Gasteiger partial charge in [0.1, 0.15) is 6.33 Å². The van der Waals surface area contributed by atoms with Crippen LogP contribution in [0.1, 0.15) is 5.56 Å². The number of aromatic nitrogens is 3. The van der Waals surface area contributed by atoms with Crippen molar-refractivity contribution in [2.75, 3.05) is 10.6 Å². The van der Waals surface area contributed by atoms with Crippen LogP contribution in [0, 0.1) is 10.1 Å². The molecule has 0 bridgehead atoms. The molecule has 0 saturated heterocycles. The predicted octanol–water partition coefficient (Wildman–Crippen LogP) is 6.09. The van der Waals surface area contributed by atoms with Crippen molar-refractivity contribution in [1.82, 2.24) is 15.0 Å². The van der Waals surface area contributed by atoms with E-state index in [0.29, 0.717) is 16.6 Å². The minimum Gasteiger partial charge on any atom is -0.334 e. The van der Waals surface area contributed by atoms with Gasteiger partial charge in [0.25, 0.3) is 0 Å². The molecule has 0 radical (unpaired) electrons. The Hall–Kier alpha value is -3.99. The van der Waals surface area contributed by atoms with Crippen LogP contribution in [0.15, 0.2) is 61.1 Å². The molecule has 0 amide bonds. The second kappa shape index (κ2) is 8.27. The monoisotopic (exact) mass is 460 g/mol. The molecular formula is C20H12ClF3N6O2. The Balaban J connectivity index is 1.76. The number of nitrogens with one attached hydrogen (secondary N) is 2. The summed E-state index contributed by atoms with van der Waals surface area (Å²) in [5.41, 5.74) is -0.572. The van der Waals surface area contributed by atoms with Crippen LogP contribution in [0.25, 0.3) is 10.9 Å². The summed E-state index contributed by atoms with van der Waals surface area (Å²) < 4.78 is 39.2. The van der Waals surface area contributed by atoms with Gasteiger partial charge in [-0.2, -0.15) is 13.2 Å². The van der Waals surface area contributed by atoms with Crippen LogP contribution in [0.4, 0.5) is 41.9 Å². The first-order valence-electron chi connectivity index (χ1n) is 8.98. The summed E-state index contributed by atoms with van der Waals surface area (Å²) >= 11 is 6.00. The van der Waals surface area contributed by atoms with E-state index in [4.69, 9.17) is 11.6 Å². The average Bonchev–Trinajstić information content (AvgIpc) is 2.75. The quantitative estimate of drug-likeness (QED) is 0.274. The minimum atomic E-state index is -4.62. The van der Waals surface area contributed by atoms with Crippen molar-refractivity contribution in [3.8, 4) is 0 Å². The van der Waals surface area contributed by atoms with Crippen molar-refractivity contribution in [3.05, 3.63) is 81.8 Å². The maximum absolute atomic E-state index is 13.1. The van der Waals surface area contributed by atoms with Gasteiger partial charge in [0, 0.05) is 17.3 Å². The van der Waals surface area contributed by atoms with Gasteiger partial charge in [0.05, 0.1) is 26.7 Å². The number of rotatable bonds is 5. The molecule has 4 aromatic rings. The zero-order valence-corrected chi connectivity index (χ0v) is 16.6. The van der Waals surface area contributed by atoms with Crippen molar-refractivity contribution in [2.45, 2.75) is 6.18 Å². The van der Waals surface area contributed by atoms with E-state index in [0.717, 1.165) is 24.5 Å². The summed E-state index contributed by atoms with van der Waals surface area (Å²) in [4.78, 5) is 23.1. The normalized spacial score (nSPS) is 11.4. The van der Waals surface area contributed by atoms with Crippen molar-refractivity contribution in [3.63, 3.8) is 0 Å². The van der Waals surface area contributed by atoms with Gasteiger partial charge in [-0.3, -0.25) is 15.1 Å². The van der Waals surface area contributed by atoms with Crippen LogP contribution >= 0.6 is 11.6 Å². The Kier molecular flexibility index (Phi) is 5.49. The lowest BCUT2D eigenvalue weighted by Gasteiger charge is -2.13. The molecule has 0 spiro atoms. The van der Waals surface area contributed by atoms with E-state index >= 15 is 0 Å². The second-order valence-electron chi connectivity index (χ2n) is 6.49. The molecule has 2 aromatic heterocycles. The highest BCUT2D eigenvalue weighted by Crippen LogP contribution is 2.38. The largest absolute Gasteiger partial charge is 0.416 e. The standard InChI is InChI=1S/C20H12ClF3N6O2/c21-13-7-6-11(20(22,23)24)9-16(13)29-19-17(30(31)32)18(26-10-27-19)28-15-5-1-4-14-12(15)3-2-8-25-14/h1-10H,(H2,26,27,28,29). The fraction of sp³-hybridized carbons (Fsp3) is 0.0500. The zero-order valence-electron chi connectivity index (χ0n) is 15.9. The number of fused-ring (bicyclic) bond motifs is 1. The Labute approximate surface area is 183 Å². The van der Waals surface area contributed by atoms with Crippen molar-refractivity contribution in [2.24, 2.45) is 0 Å². The van der Waals surface area contributed by atoms with Gasteiger partial charge in [-0.05, 0) is 42.5 Å². The molecule has 4 rings (SSSR count). The molecule has 0 aliphatic rings. The highest BCUT2D eigenvalue weighted by Gasteiger charge is 2.31. The fourth-order valence-corrected chi connectivity index (χ4v) is 3.16. The fourth-order valence-electron chi connectivity index (χ4n) is 3.00. The summed E-state index contributed by atoms with van der Waals surface area (Å²) in [7, 11) is 0. The third-order valence-corrected chi connectivity index (χ3v) is 4.78. The molecule has 8 nitrogen and oxygen atoms in total. The summed E-state index contributed by atoms with van der Waals surface area (Å²) in [6.45, 7) is 0. The number of hydrogen-bond acceptors (Lipinski definition) is 7. The van der Waals surface area contributed by atoms with Gasteiger partial charge in [-0.1, -0.05) is 17.7 Å². The van der Waals surface area contributed by atoms with Crippen LogP contribution in [-0.4, -0.2) is 19.9 Å². The molecule has 0 aliphatic carbocycles. The van der Waals surface area contributed by atoms with Gasteiger partial charge in [0.15, 0.2) is 0 Å². The summed E-state index contributed by atoms with van der Waals surface area (Å²) in [6.07, 6.45) is -1.96. The number of anilines is 4. The van der Waals surface area contributed by atoms with E-state index in [1.165, 1.54) is 0 Å². The lowest BCUT2D eigenvalue weighted by atomic mass is 10.2. The number of hydrogen-bond donors (Lipinski definition) is 2. The molecule has 0 fully saturated rings. The average molecular weight is 461 g/mol. The first-order chi connectivity index (χ1) is 15.2. The summed E-state index contributed by atoms with van der Waals surface area (Å²) in [5, 5.41) is 17.9. The lowest BCUT2D eigenvalue weighted by Crippen LogP contribution is -2.08. The van der Waals surface area contributed by atoms with E-state index in [-0.39, 0.29) is 22.3 Å². The maximum atomic E-state index is 13.1. The topological polar surface area (TPSA) is 106 Å². The summed E-state index contributed by atoms with van der Waals surface area (Å²) in [6, 6.07) is 11.3. The lowest BCUT2D eigenvalue weighted by molar-refractivity contribution is -0.383. The van der Waals surface area contributed by atoms with Crippen LogP contribution in [-0.2, 0) is 6.18 Å². The number of alkyl halides is 3. The molecule has 0 saturated carbocycles. The molecular weight excluding hydrogens is 449 g/mol. The molecule has 2 heterocycles. The Bertz CT molecular complexity index is 1330. The Morgan fingerprint density at radius 1 is 0.938 bits per heavy atom. The molecule has 0 unspecified atom stereocenters. The molecule has 0 atom stereocenters. The molecule has 162 valence electrons. The van der Waals surface area contributed by atoms with Crippen molar-refractivity contribution < 1.29 is 18.1 Å². The predicted molar refractivity (Wildman–Crippen MR) is 113 cm³/mol. The second-order valence-corrected chi connectivity index (χ2v) is 6.90. The summed E-state index contributed by atoms with van der Waals surface area (Å²) in [5.74, 6) is -0.487. The van der Waals surface area contributed by atoms with Crippen molar-refractivity contribution in [1.29, 1.82) is 0 Å². The van der Waals surface area contributed by atoms with Gasteiger partial charge in [-0.15, -0.1) is 0 Å². The first-order valence-corrected chi connectivity index (χ1v) is 9.36. The van der Waals surface area contributed by atoms with E-state index in [2.05, 4.69) is 25.6 Å². The zero-order chi connectivity index (χ0) is 22.9. The number of nitrogens with zero attached hydrogens (tertiary/aromatic N) is 4. The third kappa shape index (κ3) is 4.23. The highest BCUT2D eigenvalue weighted by atomic mass is 35.5.